The van der Waals surface area contributed by atoms with Crippen LogP contribution in [0.2, 0.25) is 0 Å². The molecule has 1 N–H and O–H groups in total. The van der Waals surface area contributed by atoms with Crippen molar-refractivity contribution in [3.05, 3.63) is 65.7 Å². The third-order valence-electron chi connectivity index (χ3n) is 2.80. The molecule has 20 heavy (non-hydrogen) atoms. The number of amides is 2. The lowest BCUT2D eigenvalue weighted by molar-refractivity contribution is 0.206. The van der Waals surface area contributed by atoms with Gasteiger partial charge in [-0.05, 0) is 29.8 Å². The highest BCUT2D eigenvalue weighted by Crippen LogP contribution is 2.04. The number of nitrogens with one attached hydrogen (secondary N) is 1. The van der Waals surface area contributed by atoms with Gasteiger partial charge < -0.3 is 10.2 Å². The van der Waals surface area contributed by atoms with E-state index in [1.54, 1.807) is 25.4 Å². The minimum Gasteiger partial charge on any atom is -0.334 e. The summed E-state index contributed by atoms with van der Waals surface area (Å²) in [5, 5.41) is 2.74. The number of hydrogen-bond donors (Lipinski definition) is 1. The molecule has 0 bridgehead atoms. The van der Waals surface area contributed by atoms with Crippen LogP contribution in [-0.4, -0.2) is 23.0 Å². The highest BCUT2D eigenvalue weighted by Gasteiger charge is 2.09. The van der Waals surface area contributed by atoms with Gasteiger partial charge in [0.15, 0.2) is 0 Å². The summed E-state index contributed by atoms with van der Waals surface area (Å²) in [4.78, 5) is 17.6. The quantitative estimate of drug-likeness (QED) is 0.930. The summed E-state index contributed by atoms with van der Waals surface area (Å²) in [5.41, 5.74) is 1.54. The van der Waals surface area contributed by atoms with Crippen LogP contribution in [0.25, 0.3) is 0 Å². The minimum absolute atomic E-state index is 0.222. The van der Waals surface area contributed by atoms with Gasteiger partial charge in [-0.15, -0.1) is 0 Å². The zero-order valence-electron chi connectivity index (χ0n) is 11.2. The summed E-state index contributed by atoms with van der Waals surface area (Å²) in [6.07, 6.45) is 1.69. The Balaban J connectivity index is 1.85. The highest BCUT2D eigenvalue weighted by atomic mass is 19.1. The van der Waals surface area contributed by atoms with Crippen molar-refractivity contribution < 1.29 is 9.18 Å². The first-order chi connectivity index (χ1) is 9.65. The molecule has 1 aromatic carbocycles. The summed E-state index contributed by atoms with van der Waals surface area (Å²) in [6.45, 7) is 0.721. The van der Waals surface area contributed by atoms with Gasteiger partial charge in [0.2, 0.25) is 0 Å². The van der Waals surface area contributed by atoms with E-state index in [0.29, 0.717) is 13.1 Å². The Hall–Kier alpha value is -2.43. The Morgan fingerprint density at radius 3 is 2.85 bits per heavy atom. The Morgan fingerprint density at radius 1 is 1.30 bits per heavy atom. The second kappa shape index (κ2) is 6.65. The number of hydrogen-bond acceptors (Lipinski definition) is 2. The summed E-state index contributed by atoms with van der Waals surface area (Å²) < 4.78 is 13.0. The number of pyridine rings is 1. The molecule has 0 aliphatic rings. The fourth-order valence-electron chi connectivity index (χ4n) is 1.77. The molecule has 0 atom stereocenters. The number of nitrogens with zero attached hydrogens (tertiary/aromatic N) is 2. The fraction of sp³-hybridized carbons (Fsp3) is 0.200. The lowest BCUT2D eigenvalue weighted by Crippen LogP contribution is -2.36. The van der Waals surface area contributed by atoms with Crippen LogP contribution in [0.5, 0.6) is 0 Å². The van der Waals surface area contributed by atoms with Crippen molar-refractivity contribution in [2.75, 3.05) is 7.05 Å². The van der Waals surface area contributed by atoms with E-state index in [2.05, 4.69) is 10.3 Å². The van der Waals surface area contributed by atoms with Crippen molar-refractivity contribution in [2.45, 2.75) is 13.1 Å². The summed E-state index contributed by atoms with van der Waals surface area (Å²) in [7, 11) is 1.69. The van der Waals surface area contributed by atoms with Gasteiger partial charge in [-0.25, -0.2) is 9.18 Å². The van der Waals surface area contributed by atoms with Crippen LogP contribution in [0.1, 0.15) is 11.3 Å². The van der Waals surface area contributed by atoms with E-state index in [0.717, 1.165) is 11.3 Å². The van der Waals surface area contributed by atoms with Crippen molar-refractivity contribution in [3.63, 3.8) is 0 Å². The molecule has 2 rings (SSSR count). The third kappa shape index (κ3) is 4.05. The summed E-state index contributed by atoms with van der Waals surface area (Å²) in [6, 6.07) is 11.5. The standard InChI is InChI=1S/C15H16FN3O/c1-19(11-14-7-2-3-8-17-14)15(20)18-10-12-5-4-6-13(16)9-12/h2-9H,10-11H2,1H3,(H,18,20). The van der Waals surface area contributed by atoms with Gasteiger partial charge in [0.25, 0.3) is 0 Å². The number of rotatable bonds is 4. The Kier molecular flexibility index (Phi) is 4.65. The first-order valence-electron chi connectivity index (χ1n) is 6.28. The number of urea groups is 1. The molecule has 0 fully saturated rings. The van der Waals surface area contributed by atoms with E-state index in [-0.39, 0.29) is 11.8 Å². The van der Waals surface area contributed by atoms with Gasteiger partial charge in [0.1, 0.15) is 5.82 Å². The maximum atomic E-state index is 13.0. The first-order valence-corrected chi connectivity index (χ1v) is 6.28. The molecular weight excluding hydrogens is 257 g/mol. The van der Waals surface area contributed by atoms with Gasteiger partial charge >= 0.3 is 6.03 Å². The summed E-state index contributed by atoms with van der Waals surface area (Å²) >= 11 is 0. The zero-order valence-corrected chi connectivity index (χ0v) is 11.2. The van der Waals surface area contributed by atoms with Gasteiger partial charge in [-0.2, -0.15) is 0 Å². The van der Waals surface area contributed by atoms with Crippen LogP contribution in [0, 0.1) is 5.82 Å². The SMILES string of the molecule is CN(Cc1ccccn1)C(=O)NCc1cccc(F)c1. The molecule has 104 valence electrons. The predicted molar refractivity (Wildman–Crippen MR) is 74.3 cm³/mol. The number of carbonyl (C=O) groups is 1. The second-order valence-corrected chi connectivity index (χ2v) is 4.47. The number of carbonyl (C=O) groups excluding carboxylic acids is 1. The normalized spacial score (nSPS) is 10.1. The fourth-order valence-corrected chi connectivity index (χ4v) is 1.77. The van der Waals surface area contributed by atoms with Crippen LogP contribution < -0.4 is 5.32 Å². The molecule has 0 saturated heterocycles. The van der Waals surface area contributed by atoms with Crippen LogP contribution in [0.15, 0.2) is 48.7 Å². The van der Waals surface area contributed by atoms with E-state index in [1.165, 1.54) is 17.0 Å². The lowest BCUT2D eigenvalue weighted by atomic mass is 10.2. The molecule has 5 heteroatoms. The Labute approximate surface area is 117 Å². The monoisotopic (exact) mass is 273 g/mol. The molecule has 2 aromatic rings. The molecule has 4 nitrogen and oxygen atoms in total. The second-order valence-electron chi connectivity index (χ2n) is 4.47. The van der Waals surface area contributed by atoms with Gasteiger partial charge in [0.05, 0.1) is 12.2 Å². The van der Waals surface area contributed by atoms with Gasteiger partial charge in [-0.1, -0.05) is 18.2 Å². The maximum absolute atomic E-state index is 13.0. The Morgan fingerprint density at radius 2 is 2.15 bits per heavy atom. The van der Waals surface area contributed by atoms with Gasteiger partial charge in [0, 0.05) is 19.8 Å². The highest BCUT2D eigenvalue weighted by molar-refractivity contribution is 5.73. The third-order valence-corrected chi connectivity index (χ3v) is 2.80. The van der Waals surface area contributed by atoms with E-state index in [4.69, 9.17) is 0 Å². The van der Waals surface area contributed by atoms with E-state index < -0.39 is 0 Å². The Bertz CT molecular complexity index is 574. The molecule has 1 aromatic heterocycles. The van der Waals surface area contributed by atoms with Crippen LogP contribution >= 0.6 is 0 Å². The van der Waals surface area contributed by atoms with E-state index in [9.17, 15) is 9.18 Å². The van der Waals surface area contributed by atoms with Crippen molar-refractivity contribution in [1.29, 1.82) is 0 Å². The molecule has 0 aliphatic heterocycles. The lowest BCUT2D eigenvalue weighted by Gasteiger charge is -2.17. The molecule has 0 aliphatic carbocycles. The van der Waals surface area contributed by atoms with Gasteiger partial charge in [-0.3, -0.25) is 4.98 Å². The van der Waals surface area contributed by atoms with Crippen molar-refractivity contribution in [1.82, 2.24) is 15.2 Å². The molecule has 2 amide bonds. The number of benzene rings is 1. The molecule has 0 unspecified atom stereocenters. The largest absolute Gasteiger partial charge is 0.334 e. The number of aromatic nitrogens is 1. The van der Waals surface area contributed by atoms with Crippen LogP contribution in [0.4, 0.5) is 9.18 Å². The average Bonchev–Trinajstić information content (AvgIpc) is 2.46. The molecule has 0 spiro atoms. The zero-order chi connectivity index (χ0) is 14.4. The van der Waals surface area contributed by atoms with Crippen molar-refractivity contribution >= 4 is 6.03 Å². The van der Waals surface area contributed by atoms with E-state index in [1.807, 2.05) is 18.2 Å². The molecule has 1 heterocycles. The van der Waals surface area contributed by atoms with Crippen LogP contribution in [-0.2, 0) is 13.1 Å². The number of halogens is 1. The van der Waals surface area contributed by atoms with Crippen molar-refractivity contribution in [2.24, 2.45) is 0 Å². The minimum atomic E-state index is -0.307. The topological polar surface area (TPSA) is 45.2 Å². The molecule has 0 radical (unpaired) electrons. The van der Waals surface area contributed by atoms with E-state index >= 15 is 0 Å². The average molecular weight is 273 g/mol. The predicted octanol–water partition coefficient (Wildman–Crippen LogP) is 2.56. The van der Waals surface area contributed by atoms with Crippen molar-refractivity contribution in [3.8, 4) is 0 Å². The smallest absolute Gasteiger partial charge is 0.317 e. The maximum Gasteiger partial charge on any atom is 0.317 e. The molecule has 0 saturated carbocycles. The van der Waals surface area contributed by atoms with Crippen LogP contribution in [0.3, 0.4) is 0 Å². The first kappa shape index (κ1) is 14.0. The summed E-state index contributed by atoms with van der Waals surface area (Å²) in [5.74, 6) is -0.307. The molecular formula is C15H16FN3O.